The van der Waals surface area contributed by atoms with Crippen molar-refractivity contribution >= 4 is 43.6 Å². The molecule has 3 aromatic carbocycles. The zero-order chi connectivity index (χ0) is 18.9. The molecule has 0 spiro atoms. The molecule has 0 aliphatic carbocycles. The second-order valence-corrected chi connectivity index (χ2v) is 6.61. The van der Waals surface area contributed by atoms with E-state index in [1.807, 2.05) is 0 Å². The van der Waals surface area contributed by atoms with Crippen LogP contribution in [0.15, 0.2) is 58.1 Å². The summed E-state index contributed by atoms with van der Waals surface area (Å²) in [5, 5.41) is 1.25. The van der Waals surface area contributed by atoms with Crippen molar-refractivity contribution in [2.24, 2.45) is 7.05 Å². The molecular weight excluding hydrogens is 350 g/mol. The molecular formula is C21H12F2N2O2. The fourth-order valence-corrected chi connectivity index (χ4v) is 3.70. The normalized spacial score (nSPS) is 11.8. The van der Waals surface area contributed by atoms with Crippen molar-refractivity contribution in [1.82, 2.24) is 9.55 Å². The lowest BCUT2D eigenvalue weighted by Crippen LogP contribution is -2.11. The highest BCUT2D eigenvalue weighted by molar-refractivity contribution is 6.03. The maximum absolute atomic E-state index is 13.6. The number of fused-ring (bicyclic) bond motifs is 4. The number of halogens is 2. The Kier molecular flexibility index (Phi) is 3.04. The quantitative estimate of drug-likeness (QED) is 0.424. The Morgan fingerprint density at radius 1 is 0.704 bits per heavy atom. The number of nitrogens with one attached hydrogen (secondary N) is 1. The average Bonchev–Trinajstić information content (AvgIpc) is 2.66. The van der Waals surface area contributed by atoms with E-state index < -0.39 is 11.6 Å². The molecule has 0 amide bonds. The number of H-pyrrole nitrogens is 1. The van der Waals surface area contributed by atoms with Crippen molar-refractivity contribution in [3.63, 3.8) is 0 Å². The van der Waals surface area contributed by atoms with Crippen molar-refractivity contribution in [1.29, 1.82) is 0 Å². The molecule has 5 aromatic rings. The monoisotopic (exact) mass is 362 g/mol. The second-order valence-electron chi connectivity index (χ2n) is 6.61. The smallest absolute Gasteiger partial charge is 0.197 e. The van der Waals surface area contributed by atoms with E-state index in [0.717, 1.165) is 0 Å². The molecule has 2 aromatic heterocycles. The van der Waals surface area contributed by atoms with Gasteiger partial charge in [0, 0.05) is 34.1 Å². The average molecular weight is 362 g/mol. The maximum atomic E-state index is 13.6. The van der Waals surface area contributed by atoms with Gasteiger partial charge in [-0.15, -0.1) is 0 Å². The van der Waals surface area contributed by atoms with Gasteiger partial charge in [-0.25, -0.2) is 8.78 Å². The number of hydrogen-bond acceptors (Lipinski definition) is 2. The number of aryl methyl sites for hydroxylation is 1. The number of hydrogen-bond donors (Lipinski definition) is 1. The van der Waals surface area contributed by atoms with Crippen molar-refractivity contribution in [3.05, 3.63) is 80.6 Å². The summed E-state index contributed by atoms with van der Waals surface area (Å²) < 4.78 is 29.0. The first-order valence-electron chi connectivity index (χ1n) is 8.31. The maximum Gasteiger partial charge on any atom is 0.197 e. The predicted octanol–water partition coefficient (Wildman–Crippen LogP) is 3.96. The topological polar surface area (TPSA) is 54.9 Å². The lowest BCUT2D eigenvalue weighted by atomic mass is 10.0. The van der Waals surface area contributed by atoms with Crippen LogP contribution in [0.4, 0.5) is 8.78 Å². The van der Waals surface area contributed by atoms with Gasteiger partial charge in [0.2, 0.25) is 0 Å². The van der Waals surface area contributed by atoms with E-state index in [2.05, 4.69) is 4.98 Å². The standard InChI is InChI=1S/C21H12F2N2O2/c1-25-18-5-3-11(23)7-14(18)21(27)15-8-17-13(9-19(15)25)20(26)12-6-10(22)2-4-16(12)24-17/h2-9H,1H3,(H,24,26). The van der Waals surface area contributed by atoms with Crippen LogP contribution in [0, 0.1) is 11.6 Å². The third kappa shape index (κ3) is 2.13. The van der Waals surface area contributed by atoms with Crippen LogP contribution in [0.3, 0.4) is 0 Å². The predicted molar refractivity (Wildman–Crippen MR) is 102 cm³/mol. The lowest BCUT2D eigenvalue weighted by molar-refractivity contribution is 0.629. The first-order chi connectivity index (χ1) is 12.9. The summed E-state index contributed by atoms with van der Waals surface area (Å²) in [6, 6.07) is 11.2. The first-order valence-corrected chi connectivity index (χ1v) is 8.31. The molecule has 2 heterocycles. The Labute approximate surface area is 150 Å². The van der Waals surface area contributed by atoms with Crippen LogP contribution in [0.25, 0.3) is 43.6 Å². The minimum absolute atomic E-state index is 0.245. The van der Waals surface area contributed by atoms with Gasteiger partial charge in [0.15, 0.2) is 10.9 Å². The zero-order valence-corrected chi connectivity index (χ0v) is 14.1. The summed E-state index contributed by atoms with van der Waals surface area (Å²) in [7, 11) is 1.75. The van der Waals surface area contributed by atoms with E-state index in [-0.39, 0.29) is 21.6 Å². The Morgan fingerprint density at radius 2 is 1.30 bits per heavy atom. The highest BCUT2D eigenvalue weighted by Gasteiger charge is 2.13. The molecule has 0 saturated heterocycles. The van der Waals surface area contributed by atoms with Gasteiger partial charge in [-0.2, -0.15) is 0 Å². The molecule has 0 saturated carbocycles. The number of aromatic nitrogens is 2. The summed E-state index contributed by atoms with van der Waals surface area (Å²) in [4.78, 5) is 28.9. The summed E-state index contributed by atoms with van der Waals surface area (Å²) in [5.74, 6) is -0.977. The molecule has 0 radical (unpaired) electrons. The van der Waals surface area contributed by atoms with E-state index in [1.54, 1.807) is 23.7 Å². The molecule has 1 N–H and O–H groups in total. The van der Waals surface area contributed by atoms with Gasteiger partial charge in [0.05, 0.1) is 16.6 Å². The van der Waals surface area contributed by atoms with Crippen molar-refractivity contribution in [2.75, 3.05) is 0 Å². The Morgan fingerprint density at radius 3 is 2.07 bits per heavy atom. The summed E-state index contributed by atoms with van der Waals surface area (Å²) >= 11 is 0. The van der Waals surface area contributed by atoms with Crippen LogP contribution >= 0.6 is 0 Å². The molecule has 0 bridgehead atoms. The van der Waals surface area contributed by atoms with Crippen molar-refractivity contribution < 1.29 is 8.78 Å². The van der Waals surface area contributed by atoms with Crippen LogP contribution in [-0.2, 0) is 7.05 Å². The Balaban J connectivity index is 2.04. The Hall–Kier alpha value is -3.54. The number of benzene rings is 3. The van der Waals surface area contributed by atoms with Crippen LogP contribution in [-0.4, -0.2) is 9.55 Å². The van der Waals surface area contributed by atoms with Gasteiger partial charge in [0.1, 0.15) is 11.6 Å². The summed E-state index contributed by atoms with van der Waals surface area (Å²) in [5.41, 5.74) is 1.45. The van der Waals surface area contributed by atoms with E-state index in [1.165, 1.54) is 36.4 Å². The van der Waals surface area contributed by atoms with Gasteiger partial charge in [-0.1, -0.05) is 0 Å². The van der Waals surface area contributed by atoms with Gasteiger partial charge < -0.3 is 9.55 Å². The minimum Gasteiger partial charge on any atom is -0.354 e. The first kappa shape index (κ1) is 15.7. The second kappa shape index (κ2) is 5.23. The summed E-state index contributed by atoms with van der Waals surface area (Å²) in [6.45, 7) is 0. The van der Waals surface area contributed by atoms with Crippen molar-refractivity contribution in [3.8, 4) is 0 Å². The van der Waals surface area contributed by atoms with Gasteiger partial charge in [-0.3, -0.25) is 9.59 Å². The van der Waals surface area contributed by atoms with Crippen LogP contribution in [0.5, 0.6) is 0 Å². The number of pyridine rings is 2. The SMILES string of the molecule is Cn1c2ccc(F)cc2c(=O)c2cc3[nH]c4ccc(F)cc4c(=O)c3cc21. The fraction of sp³-hybridized carbons (Fsp3) is 0.0476. The molecule has 5 rings (SSSR count). The molecule has 0 unspecified atom stereocenters. The lowest BCUT2D eigenvalue weighted by Gasteiger charge is -2.12. The van der Waals surface area contributed by atoms with Crippen molar-refractivity contribution in [2.45, 2.75) is 0 Å². The Bertz CT molecular complexity index is 1550. The summed E-state index contributed by atoms with van der Waals surface area (Å²) in [6.07, 6.45) is 0. The third-order valence-corrected chi connectivity index (χ3v) is 5.05. The van der Waals surface area contributed by atoms with Gasteiger partial charge in [-0.05, 0) is 48.5 Å². The molecule has 0 fully saturated rings. The molecule has 4 nitrogen and oxygen atoms in total. The highest BCUT2D eigenvalue weighted by Crippen LogP contribution is 2.24. The minimum atomic E-state index is -0.492. The van der Waals surface area contributed by atoms with E-state index in [4.69, 9.17) is 0 Å². The molecule has 132 valence electrons. The number of aromatic amines is 1. The molecule has 0 aliphatic rings. The third-order valence-electron chi connectivity index (χ3n) is 5.05. The van der Waals surface area contributed by atoms with Gasteiger partial charge >= 0.3 is 0 Å². The number of nitrogens with zero attached hydrogens (tertiary/aromatic N) is 1. The fourth-order valence-electron chi connectivity index (χ4n) is 3.70. The zero-order valence-electron chi connectivity index (χ0n) is 14.1. The van der Waals surface area contributed by atoms with Gasteiger partial charge in [0.25, 0.3) is 0 Å². The molecule has 27 heavy (non-hydrogen) atoms. The molecule has 6 heteroatoms. The van der Waals surface area contributed by atoms with E-state index in [9.17, 15) is 18.4 Å². The highest BCUT2D eigenvalue weighted by atomic mass is 19.1. The molecule has 0 aliphatic heterocycles. The van der Waals surface area contributed by atoms with E-state index >= 15 is 0 Å². The molecule has 0 atom stereocenters. The number of rotatable bonds is 0. The van der Waals surface area contributed by atoms with Crippen LogP contribution in [0.2, 0.25) is 0 Å². The van der Waals surface area contributed by atoms with E-state index in [0.29, 0.717) is 32.8 Å². The largest absolute Gasteiger partial charge is 0.354 e. The van der Waals surface area contributed by atoms with Crippen LogP contribution < -0.4 is 10.9 Å². The van der Waals surface area contributed by atoms with Crippen LogP contribution in [0.1, 0.15) is 0 Å².